The molecule has 0 bridgehead atoms. The standard InChI is InChI=1S/C4H6O4S/c5-4-3(9(6)7)1-2-8-4/h3H,1-2H2,(H,6,7). The predicted molar refractivity (Wildman–Crippen MR) is 30.1 cm³/mol. The van der Waals surface area contributed by atoms with Crippen LogP contribution in [0.3, 0.4) is 0 Å². The first kappa shape index (κ1) is 6.70. The molecule has 9 heavy (non-hydrogen) atoms. The van der Waals surface area contributed by atoms with Gasteiger partial charge in [0.1, 0.15) is 0 Å². The summed E-state index contributed by atoms with van der Waals surface area (Å²) in [6.07, 6.45) is 0.363. The molecule has 0 aromatic carbocycles. The van der Waals surface area contributed by atoms with Gasteiger partial charge in [0, 0.05) is 6.42 Å². The molecule has 4 nitrogen and oxygen atoms in total. The number of carbonyl (C=O) groups excluding carboxylic acids is 1. The van der Waals surface area contributed by atoms with Gasteiger partial charge >= 0.3 is 5.97 Å². The first-order chi connectivity index (χ1) is 4.22. The van der Waals surface area contributed by atoms with E-state index in [0.717, 1.165) is 0 Å². The third kappa shape index (κ3) is 1.28. The maximum atomic E-state index is 10.4. The maximum absolute atomic E-state index is 10.4. The second-order valence-electron chi connectivity index (χ2n) is 1.72. The SMILES string of the molecule is O=C1OCCC1S(=O)O. The van der Waals surface area contributed by atoms with Crippen LogP contribution in [-0.4, -0.2) is 26.6 Å². The molecule has 1 rings (SSSR count). The predicted octanol–water partition coefficient (Wildman–Crippen LogP) is -0.476. The van der Waals surface area contributed by atoms with E-state index in [1.807, 2.05) is 0 Å². The van der Waals surface area contributed by atoms with Gasteiger partial charge in [-0.1, -0.05) is 0 Å². The normalized spacial score (nSPS) is 29.9. The fourth-order valence-electron chi connectivity index (χ4n) is 0.660. The summed E-state index contributed by atoms with van der Waals surface area (Å²) in [5.74, 6) is -0.559. The van der Waals surface area contributed by atoms with Crippen molar-refractivity contribution in [2.24, 2.45) is 0 Å². The lowest BCUT2D eigenvalue weighted by molar-refractivity contribution is -0.137. The summed E-state index contributed by atoms with van der Waals surface area (Å²) in [4.78, 5) is 10.4. The zero-order valence-corrected chi connectivity index (χ0v) is 5.39. The Labute approximate surface area is 54.5 Å². The van der Waals surface area contributed by atoms with Crippen LogP contribution in [0.4, 0.5) is 0 Å². The maximum Gasteiger partial charge on any atom is 0.324 e. The van der Waals surface area contributed by atoms with E-state index in [1.165, 1.54) is 0 Å². The van der Waals surface area contributed by atoms with Gasteiger partial charge in [0.05, 0.1) is 6.61 Å². The fourth-order valence-corrected chi connectivity index (χ4v) is 1.19. The molecule has 5 heteroatoms. The van der Waals surface area contributed by atoms with E-state index in [-0.39, 0.29) is 6.61 Å². The third-order valence-corrected chi connectivity index (χ3v) is 2.05. The van der Waals surface area contributed by atoms with Gasteiger partial charge in [-0.2, -0.15) is 0 Å². The van der Waals surface area contributed by atoms with Gasteiger partial charge in [-0.15, -0.1) is 0 Å². The average Bonchev–Trinajstić information content (AvgIpc) is 2.13. The highest BCUT2D eigenvalue weighted by molar-refractivity contribution is 7.80. The topological polar surface area (TPSA) is 63.6 Å². The van der Waals surface area contributed by atoms with Crippen LogP contribution in [-0.2, 0) is 20.6 Å². The molecule has 0 amide bonds. The average molecular weight is 150 g/mol. The molecule has 0 radical (unpaired) electrons. The van der Waals surface area contributed by atoms with E-state index < -0.39 is 22.3 Å². The van der Waals surface area contributed by atoms with Crippen LogP contribution in [0.15, 0.2) is 0 Å². The van der Waals surface area contributed by atoms with Crippen molar-refractivity contribution in [2.45, 2.75) is 11.7 Å². The van der Waals surface area contributed by atoms with Crippen molar-refractivity contribution in [3.05, 3.63) is 0 Å². The van der Waals surface area contributed by atoms with Crippen LogP contribution in [0.25, 0.3) is 0 Å². The van der Waals surface area contributed by atoms with Gasteiger partial charge in [0.15, 0.2) is 16.3 Å². The molecule has 0 aromatic heterocycles. The summed E-state index contributed by atoms with van der Waals surface area (Å²) >= 11 is -2.05. The molecule has 1 heterocycles. The molecule has 0 aliphatic carbocycles. The second kappa shape index (κ2) is 2.45. The first-order valence-electron chi connectivity index (χ1n) is 2.48. The van der Waals surface area contributed by atoms with Gasteiger partial charge in [0.25, 0.3) is 0 Å². The molecule has 0 spiro atoms. The Bertz CT molecular complexity index is 155. The van der Waals surface area contributed by atoms with E-state index in [2.05, 4.69) is 4.74 Å². The van der Waals surface area contributed by atoms with Crippen LogP contribution in [0.2, 0.25) is 0 Å². The minimum atomic E-state index is -2.05. The Hall–Kier alpha value is -0.420. The highest BCUT2D eigenvalue weighted by atomic mass is 32.2. The zero-order valence-electron chi connectivity index (χ0n) is 4.57. The van der Waals surface area contributed by atoms with E-state index >= 15 is 0 Å². The van der Waals surface area contributed by atoms with Crippen LogP contribution < -0.4 is 0 Å². The summed E-state index contributed by atoms with van der Waals surface area (Å²) in [7, 11) is 0. The summed E-state index contributed by atoms with van der Waals surface area (Å²) in [6.45, 7) is 0.274. The van der Waals surface area contributed by atoms with Crippen molar-refractivity contribution in [1.29, 1.82) is 0 Å². The van der Waals surface area contributed by atoms with Crippen molar-refractivity contribution in [3.8, 4) is 0 Å². The van der Waals surface area contributed by atoms with E-state index in [1.54, 1.807) is 0 Å². The number of ether oxygens (including phenoxy) is 1. The van der Waals surface area contributed by atoms with E-state index in [4.69, 9.17) is 4.55 Å². The number of hydrogen-bond acceptors (Lipinski definition) is 3. The van der Waals surface area contributed by atoms with E-state index in [0.29, 0.717) is 6.42 Å². The Kier molecular flexibility index (Phi) is 1.82. The molecular formula is C4H6O4S. The molecule has 1 saturated heterocycles. The Morgan fingerprint density at radius 1 is 1.78 bits per heavy atom. The van der Waals surface area contributed by atoms with Gasteiger partial charge in [-0.25, -0.2) is 4.21 Å². The van der Waals surface area contributed by atoms with Crippen LogP contribution in [0.1, 0.15) is 6.42 Å². The molecular weight excluding hydrogens is 144 g/mol. The smallest absolute Gasteiger partial charge is 0.324 e. The molecule has 0 saturated carbocycles. The highest BCUT2D eigenvalue weighted by Gasteiger charge is 2.31. The monoisotopic (exact) mass is 150 g/mol. The molecule has 52 valence electrons. The van der Waals surface area contributed by atoms with Crippen LogP contribution in [0, 0.1) is 0 Å². The number of hydrogen-bond donors (Lipinski definition) is 1. The van der Waals surface area contributed by atoms with Gasteiger partial charge in [-0.3, -0.25) is 4.79 Å². The molecule has 1 aliphatic rings. The first-order valence-corrected chi connectivity index (χ1v) is 3.65. The summed E-state index contributed by atoms with van der Waals surface area (Å²) in [5, 5.41) is -0.801. The summed E-state index contributed by atoms with van der Waals surface area (Å²) in [5.41, 5.74) is 0. The molecule has 1 N–H and O–H groups in total. The fraction of sp³-hybridized carbons (Fsp3) is 0.750. The summed E-state index contributed by atoms with van der Waals surface area (Å²) in [6, 6.07) is 0. The number of esters is 1. The minimum Gasteiger partial charge on any atom is -0.465 e. The molecule has 0 aromatic rings. The Morgan fingerprint density at radius 3 is 2.67 bits per heavy atom. The second-order valence-corrected chi connectivity index (χ2v) is 2.84. The quantitative estimate of drug-likeness (QED) is 0.405. The van der Waals surface area contributed by atoms with Crippen LogP contribution >= 0.6 is 0 Å². The lowest BCUT2D eigenvalue weighted by atomic mass is 10.4. The van der Waals surface area contributed by atoms with E-state index in [9.17, 15) is 9.00 Å². The minimum absolute atomic E-state index is 0.274. The number of cyclic esters (lactones) is 1. The lowest BCUT2D eigenvalue weighted by Crippen LogP contribution is -2.19. The van der Waals surface area contributed by atoms with Gasteiger partial charge < -0.3 is 9.29 Å². The highest BCUT2D eigenvalue weighted by Crippen LogP contribution is 2.10. The van der Waals surface area contributed by atoms with Crippen molar-refractivity contribution >= 4 is 17.0 Å². The van der Waals surface area contributed by atoms with Gasteiger partial charge in [-0.05, 0) is 0 Å². The zero-order chi connectivity index (χ0) is 6.85. The van der Waals surface area contributed by atoms with Crippen LogP contribution in [0.5, 0.6) is 0 Å². The van der Waals surface area contributed by atoms with Crippen molar-refractivity contribution in [2.75, 3.05) is 6.61 Å². The van der Waals surface area contributed by atoms with Gasteiger partial charge in [0.2, 0.25) is 0 Å². The molecule has 2 atom stereocenters. The largest absolute Gasteiger partial charge is 0.465 e. The number of carbonyl (C=O) groups is 1. The molecule has 2 unspecified atom stereocenters. The van der Waals surface area contributed by atoms with Crippen molar-refractivity contribution in [3.63, 3.8) is 0 Å². The Morgan fingerprint density at radius 2 is 2.44 bits per heavy atom. The molecule has 1 aliphatic heterocycles. The Balaban J connectivity index is 2.60. The summed E-state index contributed by atoms with van der Waals surface area (Å²) < 4.78 is 23.1. The third-order valence-electron chi connectivity index (χ3n) is 1.13. The van der Waals surface area contributed by atoms with Crippen molar-refractivity contribution in [1.82, 2.24) is 0 Å². The molecule has 1 fully saturated rings. The van der Waals surface area contributed by atoms with Crippen molar-refractivity contribution < 1.29 is 18.3 Å². The number of rotatable bonds is 1. The lowest BCUT2D eigenvalue weighted by Gasteiger charge is -1.94.